The van der Waals surface area contributed by atoms with Crippen molar-refractivity contribution in [2.45, 2.75) is 0 Å². The molecule has 64 heavy (non-hydrogen) atoms. The zero-order chi connectivity index (χ0) is 42.1. The molecule has 4 N–H and O–H groups in total. The van der Waals surface area contributed by atoms with Crippen molar-refractivity contribution >= 4 is 65.4 Å². The number of fused-ring (bicyclic) bond motifs is 12. The predicted molar refractivity (Wildman–Crippen MR) is 264 cm³/mol. The van der Waals surface area contributed by atoms with E-state index in [1.807, 2.05) is 0 Å². The van der Waals surface area contributed by atoms with Crippen LogP contribution < -0.4 is 21.4 Å². The molecule has 0 spiro atoms. The minimum Gasteiger partial charge on any atom is -0.354 e. The first kappa shape index (κ1) is 36.1. The summed E-state index contributed by atoms with van der Waals surface area (Å²) in [6.45, 7) is 0. The molecule has 1 aliphatic heterocycles. The molecule has 1 aliphatic rings. The molecule has 0 radical (unpaired) electrons. The third-order valence-electron chi connectivity index (χ3n) is 13.1. The first-order valence-corrected chi connectivity index (χ1v) is 21.9. The van der Waals surface area contributed by atoms with Gasteiger partial charge in [0, 0.05) is 66.5 Å². The van der Waals surface area contributed by atoms with Crippen LogP contribution in [0.5, 0.6) is 0 Å². The van der Waals surface area contributed by atoms with Crippen LogP contribution >= 0.6 is 0 Å². The lowest BCUT2D eigenvalue weighted by Crippen LogP contribution is -2.19. The van der Waals surface area contributed by atoms with Crippen LogP contribution in [0.1, 0.15) is 45.0 Å². The monoisotopic (exact) mass is 816 g/mol. The van der Waals surface area contributed by atoms with Gasteiger partial charge in [-0.2, -0.15) is 0 Å². The summed E-state index contributed by atoms with van der Waals surface area (Å²) in [6, 6.07) is 79.4. The van der Waals surface area contributed by atoms with Crippen molar-refractivity contribution in [1.82, 2.24) is 19.9 Å². The van der Waals surface area contributed by atoms with Gasteiger partial charge < -0.3 is 19.9 Å². The number of nitrogens with one attached hydrogen (secondary N) is 4. The highest BCUT2D eigenvalue weighted by Gasteiger charge is 2.19. The molecular weight excluding hydrogens is 777 g/mol. The van der Waals surface area contributed by atoms with Crippen LogP contribution in [0, 0.1) is 0 Å². The quantitative estimate of drug-likeness (QED) is 0.137. The Morgan fingerprint density at radius 3 is 0.672 bits per heavy atom. The van der Waals surface area contributed by atoms with Gasteiger partial charge in [-0.1, -0.05) is 146 Å². The van der Waals surface area contributed by atoms with E-state index in [0.717, 1.165) is 88.7 Å². The SMILES string of the molecule is c1ccc2cc(C3=c4ccc([nH]4)=C(c4ccc5ccccc5c4)c4ccc([nH]4)C(c4ccc5ccccc5c4)=c4ccc([nH]4)=C(c4ccc5ccccc5c4)c4ccc3[nH]4)ccc2c1. The minimum absolute atomic E-state index is 1.02. The van der Waals surface area contributed by atoms with Crippen molar-refractivity contribution < 1.29 is 0 Å². The summed E-state index contributed by atoms with van der Waals surface area (Å²) in [7, 11) is 0. The standard InChI is InChI=1S/C60H40N4/c1-5-13-41-33-45(21-17-37(41)9-1)57-49-25-27-51(61-49)58(46-22-18-38-10-2-6-14-42(38)34-46)53-29-31-55(63-53)60(48-24-20-40-12-4-8-16-44(40)36-48)56-32-30-54(64-56)59(52-28-26-50(57)62-52)47-23-19-39-11-3-7-15-43(39)35-47/h1-36,61-64H. The van der Waals surface area contributed by atoms with E-state index in [2.05, 4.69) is 238 Å². The van der Waals surface area contributed by atoms with Crippen molar-refractivity contribution in [2.75, 3.05) is 0 Å². The Kier molecular flexibility index (Phi) is 8.18. The maximum Gasteiger partial charge on any atom is 0.0485 e. The maximum atomic E-state index is 3.98. The van der Waals surface area contributed by atoms with Gasteiger partial charge in [0.15, 0.2) is 0 Å². The van der Waals surface area contributed by atoms with E-state index in [-0.39, 0.29) is 0 Å². The number of aromatic amines is 4. The van der Waals surface area contributed by atoms with Crippen LogP contribution in [-0.2, 0) is 0 Å². The molecule has 0 unspecified atom stereocenters. The first-order chi connectivity index (χ1) is 31.7. The van der Waals surface area contributed by atoms with E-state index in [4.69, 9.17) is 0 Å². The molecular formula is C60H40N4. The zero-order valence-corrected chi connectivity index (χ0v) is 34.8. The zero-order valence-electron chi connectivity index (χ0n) is 34.8. The summed E-state index contributed by atoms with van der Waals surface area (Å²) < 4.78 is 0. The normalized spacial score (nSPS) is 12.9. The van der Waals surface area contributed by atoms with Gasteiger partial charge in [-0.3, -0.25) is 0 Å². The lowest BCUT2D eigenvalue weighted by molar-refractivity contribution is 1.19. The second kappa shape index (κ2) is 14.5. The fourth-order valence-electron chi connectivity index (χ4n) is 9.95. The molecule has 0 fully saturated rings. The molecule has 0 amide bonds. The van der Waals surface area contributed by atoms with Crippen molar-refractivity contribution in [3.05, 3.63) is 285 Å². The van der Waals surface area contributed by atoms with Crippen LogP contribution in [0.4, 0.5) is 0 Å². The molecule has 300 valence electrons. The van der Waals surface area contributed by atoms with Gasteiger partial charge in [-0.15, -0.1) is 0 Å². The van der Waals surface area contributed by atoms with Gasteiger partial charge >= 0.3 is 0 Å². The molecule has 12 aromatic rings. The predicted octanol–water partition coefficient (Wildman–Crippen LogP) is 10.9. The number of hydrogen-bond donors (Lipinski definition) is 4. The molecule has 0 atom stereocenters. The van der Waals surface area contributed by atoms with Crippen LogP contribution in [-0.4, -0.2) is 19.9 Å². The molecule has 4 nitrogen and oxygen atoms in total. The largest absolute Gasteiger partial charge is 0.354 e. The molecule has 0 saturated heterocycles. The van der Waals surface area contributed by atoms with Crippen LogP contribution in [0.25, 0.3) is 65.4 Å². The molecule has 13 rings (SSSR count). The highest BCUT2D eigenvalue weighted by Crippen LogP contribution is 2.32. The fraction of sp³-hybridized carbons (Fsp3) is 0. The molecule has 4 heteroatoms. The molecule has 0 aliphatic carbocycles. The average molecular weight is 817 g/mol. The van der Waals surface area contributed by atoms with E-state index >= 15 is 0 Å². The molecule has 5 heterocycles. The topological polar surface area (TPSA) is 63.2 Å². The lowest BCUT2D eigenvalue weighted by atomic mass is 9.99. The Hall–Kier alpha value is -8.60. The minimum atomic E-state index is 1.02. The Balaban J connectivity index is 1.16. The summed E-state index contributed by atoms with van der Waals surface area (Å²) in [5.74, 6) is 0. The molecule has 4 aromatic heterocycles. The highest BCUT2D eigenvalue weighted by atomic mass is 14.8. The van der Waals surface area contributed by atoms with E-state index in [1.165, 1.54) is 43.1 Å². The molecule has 0 saturated carbocycles. The first-order valence-electron chi connectivity index (χ1n) is 21.9. The van der Waals surface area contributed by atoms with Gasteiger partial charge in [-0.05, 0) is 138 Å². The summed E-state index contributed by atoms with van der Waals surface area (Å²) >= 11 is 0. The summed E-state index contributed by atoms with van der Waals surface area (Å²) in [6.07, 6.45) is 0. The van der Waals surface area contributed by atoms with Gasteiger partial charge in [0.25, 0.3) is 0 Å². The van der Waals surface area contributed by atoms with Gasteiger partial charge in [0.05, 0.1) is 0 Å². The third kappa shape index (κ3) is 6.07. The van der Waals surface area contributed by atoms with Crippen molar-refractivity contribution in [3.63, 3.8) is 0 Å². The number of rotatable bonds is 4. The van der Waals surface area contributed by atoms with Gasteiger partial charge in [0.2, 0.25) is 0 Å². The summed E-state index contributed by atoms with van der Waals surface area (Å²) in [5, 5.41) is 13.7. The van der Waals surface area contributed by atoms with Gasteiger partial charge in [-0.25, -0.2) is 0 Å². The average Bonchev–Trinajstić information content (AvgIpc) is 4.20. The number of hydrogen-bond acceptors (Lipinski definition) is 0. The van der Waals surface area contributed by atoms with E-state index in [1.54, 1.807) is 0 Å². The Labute approximate surface area is 368 Å². The number of aromatic nitrogens is 4. The fourth-order valence-corrected chi connectivity index (χ4v) is 9.95. The number of benzene rings is 8. The van der Waals surface area contributed by atoms with Gasteiger partial charge in [0.1, 0.15) is 0 Å². The Bertz CT molecular complexity index is 3570. The molecule has 8 aromatic carbocycles. The van der Waals surface area contributed by atoms with Crippen molar-refractivity contribution in [3.8, 4) is 0 Å². The van der Waals surface area contributed by atoms with E-state index in [0.29, 0.717) is 0 Å². The molecule has 8 bridgehead atoms. The second-order valence-corrected chi connectivity index (χ2v) is 16.9. The van der Waals surface area contributed by atoms with E-state index < -0.39 is 0 Å². The maximum absolute atomic E-state index is 3.98. The highest BCUT2D eigenvalue weighted by molar-refractivity contribution is 5.94. The van der Waals surface area contributed by atoms with Crippen molar-refractivity contribution in [1.29, 1.82) is 0 Å². The second-order valence-electron chi connectivity index (χ2n) is 16.9. The van der Waals surface area contributed by atoms with Crippen LogP contribution in [0.15, 0.2) is 218 Å². The Morgan fingerprint density at radius 1 is 0.188 bits per heavy atom. The van der Waals surface area contributed by atoms with Crippen LogP contribution in [0.3, 0.4) is 0 Å². The number of H-pyrrole nitrogens is 4. The third-order valence-corrected chi connectivity index (χ3v) is 13.1. The smallest absolute Gasteiger partial charge is 0.0485 e. The van der Waals surface area contributed by atoms with Crippen LogP contribution in [0.2, 0.25) is 0 Å². The Morgan fingerprint density at radius 2 is 0.422 bits per heavy atom. The summed E-state index contributed by atoms with van der Waals surface area (Å²) in [5.41, 5.74) is 13.0. The van der Waals surface area contributed by atoms with E-state index in [9.17, 15) is 0 Å². The summed E-state index contributed by atoms with van der Waals surface area (Å²) in [4.78, 5) is 15.9. The lowest BCUT2D eigenvalue weighted by Gasteiger charge is -2.11. The van der Waals surface area contributed by atoms with Crippen molar-refractivity contribution in [2.24, 2.45) is 0 Å².